The van der Waals surface area contributed by atoms with E-state index in [0.717, 1.165) is 17.7 Å². The Morgan fingerprint density at radius 3 is 2.46 bits per heavy atom. The number of rotatable bonds is 5. The van der Waals surface area contributed by atoms with Crippen molar-refractivity contribution in [2.24, 2.45) is 0 Å². The summed E-state index contributed by atoms with van der Waals surface area (Å²) in [5.41, 5.74) is 0.462. The highest BCUT2D eigenvalue weighted by Gasteiger charge is 2.20. The molecular weight excluding hydrogens is 341 g/mol. The lowest BCUT2D eigenvalue weighted by atomic mass is 10.1. The Labute approximate surface area is 142 Å². The molecule has 0 heterocycles. The fourth-order valence-corrected chi connectivity index (χ4v) is 2.38. The summed E-state index contributed by atoms with van der Waals surface area (Å²) in [5.74, 6) is -4.95. The van der Waals surface area contributed by atoms with Gasteiger partial charge in [-0.25, -0.2) is 13.2 Å². The van der Waals surface area contributed by atoms with E-state index in [4.69, 9.17) is 11.6 Å². The van der Waals surface area contributed by atoms with Gasteiger partial charge in [0.25, 0.3) is 0 Å². The van der Waals surface area contributed by atoms with Crippen LogP contribution < -0.4 is 10.6 Å². The van der Waals surface area contributed by atoms with Crippen LogP contribution in [0.2, 0.25) is 5.02 Å². The average Bonchev–Trinajstić information content (AvgIpc) is 2.55. The molecule has 1 amide bonds. The van der Waals surface area contributed by atoms with Crippen molar-refractivity contribution in [1.82, 2.24) is 5.32 Å². The van der Waals surface area contributed by atoms with Crippen molar-refractivity contribution in [2.75, 3.05) is 5.32 Å². The van der Waals surface area contributed by atoms with E-state index in [-0.39, 0.29) is 6.04 Å². The number of carbonyl (C=O) groups is 1. The Balaban J connectivity index is 2.03. The highest BCUT2D eigenvalue weighted by atomic mass is 35.5. The largest absolute Gasteiger partial charge is 0.322 e. The van der Waals surface area contributed by atoms with Crippen LogP contribution in [0.25, 0.3) is 0 Å². The Morgan fingerprint density at radius 2 is 1.79 bits per heavy atom. The van der Waals surface area contributed by atoms with E-state index in [0.29, 0.717) is 5.02 Å². The molecule has 2 atom stereocenters. The molecule has 2 N–H and O–H groups in total. The van der Waals surface area contributed by atoms with Crippen molar-refractivity contribution in [3.8, 4) is 0 Å². The first-order valence-electron chi connectivity index (χ1n) is 7.25. The first kappa shape index (κ1) is 18.3. The third-order valence-corrected chi connectivity index (χ3v) is 3.77. The summed E-state index contributed by atoms with van der Waals surface area (Å²) in [4.78, 5) is 12.1. The standard InChI is InChI=1S/C17H16ClF3N2O/c1-9(11-4-3-5-12(18)8-11)22-10(2)17(24)23-14-7-6-13(19)15(20)16(14)21/h3-10,22H,1-2H3,(H,23,24)/t9-,10-/m0/s1. The molecule has 0 saturated heterocycles. The van der Waals surface area contributed by atoms with Crippen molar-refractivity contribution >= 4 is 23.2 Å². The molecule has 2 rings (SSSR count). The van der Waals surface area contributed by atoms with Crippen LogP contribution in [-0.4, -0.2) is 11.9 Å². The van der Waals surface area contributed by atoms with E-state index in [1.807, 2.05) is 13.0 Å². The van der Waals surface area contributed by atoms with Gasteiger partial charge < -0.3 is 5.32 Å². The average molecular weight is 357 g/mol. The predicted molar refractivity (Wildman–Crippen MR) is 87.4 cm³/mol. The van der Waals surface area contributed by atoms with Crippen molar-refractivity contribution in [3.05, 3.63) is 64.4 Å². The van der Waals surface area contributed by atoms with Gasteiger partial charge in [-0.1, -0.05) is 23.7 Å². The molecule has 0 aliphatic rings. The van der Waals surface area contributed by atoms with Crippen LogP contribution >= 0.6 is 11.6 Å². The molecule has 0 spiro atoms. The van der Waals surface area contributed by atoms with E-state index in [9.17, 15) is 18.0 Å². The molecule has 0 unspecified atom stereocenters. The molecule has 0 fully saturated rings. The second-order valence-corrected chi connectivity index (χ2v) is 5.81. The lowest BCUT2D eigenvalue weighted by Crippen LogP contribution is -2.39. The second kappa shape index (κ2) is 7.68. The van der Waals surface area contributed by atoms with Crippen molar-refractivity contribution in [1.29, 1.82) is 0 Å². The Kier molecular flexibility index (Phi) is 5.85. The quantitative estimate of drug-likeness (QED) is 0.778. The predicted octanol–water partition coefficient (Wildman–Crippen LogP) is 4.44. The van der Waals surface area contributed by atoms with Crippen molar-refractivity contribution < 1.29 is 18.0 Å². The van der Waals surface area contributed by atoms with E-state index in [1.165, 1.54) is 0 Å². The second-order valence-electron chi connectivity index (χ2n) is 5.38. The number of nitrogens with one attached hydrogen (secondary N) is 2. The molecule has 24 heavy (non-hydrogen) atoms. The fourth-order valence-electron chi connectivity index (χ4n) is 2.19. The van der Waals surface area contributed by atoms with Crippen LogP contribution in [0, 0.1) is 17.5 Å². The normalized spacial score (nSPS) is 13.4. The molecule has 2 aromatic rings. The summed E-state index contributed by atoms with van der Waals surface area (Å²) in [7, 11) is 0. The molecule has 0 aliphatic heterocycles. The maximum absolute atomic E-state index is 13.6. The first-order valence-corrected chi connectivity index (χ1v) is 7.63. The molecule has 0 aromatic heterocycles. The van der Waals surface area contributed by atoms with Gasteiger partial charge in [-0.05, 0) is 43.7 Å². The molecular formula is C17H16ClF3N2O. The summed E-state index contributed by atoms with van der Waals surface area (Å²) in [6, 6.07) is 7.96. The van der Waals surface area contributed by atoms with E-state index in [2.05, 4.69) is 10.6 Å². The zero-order chi connectivity index (χ0) is 17.9. The monoisotopic (exact) mass is 356 g/mol. The molecule has 7 heteroatoms. The van der Waals surface area contributed by atoms with Crippen LogP contribution in [0.4, 0.5) is 18.9 Å². The third kappa shape index (κ3) is 4.27. The SMILES string of the molecule is C[C@H](N[C@@H](C)c1cccc(Cl)c1)C(=O)Nc1ccc(F)c(F)c1F. The van der Waals surface area contributed by atoms with Crippen LogP contribution in [-0.2, 0) is 4.79 Å². The smallest absolute Gasteiger partial charge is 0.241 e. The zero-order valence-corrected chi connectivity index (χ0v) is 13.8. The maximum atomic E-state index is 13.6. The van der Waals surface area contributed by atoms with Crippen LogP contribution in [0.3, 0.4) is 0 Å². The number of hydrogen-bond donors (Lipinski definition) is 2. The Bertz CT molecular complexity index is 755. The Hall–Kier alpha value is -2.05. The van der Waals surface area contributed by atoms with Gasteiger partial charge >= 0.3 is 0 Å². The van der Waals surface area contributed by atoms with E-state index in [1.54, 1.807) is 25.1 Å². The third-order valence-electron chi connectivity index (χ3n) is 3.54. The van der Waals surface area contributed by atoms with Crippen LogP contribution in [0.1, 0.15) is 25.5 Å². The lowest BCUT2D eigenvalue weighted by Gasteiger charge is -2.20. The van der Waals surface area contributed by atoms with Gasteiger partial charge in [-0.2, -0.15) is 0 Å². The minimum Gasteiger partial charge on any atom is -0.322 e. The highest BCUT2D eigenvalue weighted by Crippen LogP contribution is 2.21. The summed E-state index contributed by atoms with van der Waals surface area (Å²) >= 11 is 5.93. The number of halogens is 4. The zero-order valence-electron chi connectivity index (χ0n) is 13.0. The summed E-state index contributed by atoms with van der Waals surface area (Å²) < 4.78 is 39.7. The fraction of sp³-hybridized carbons (Fsp3) is 0.235. The molecule has 0 bridgehead atoms. The number of benzene rings is 2. The molecule has 3 nitrogen and oxygen atoms in total. The number of hydrogen-bond acceptors (Lipinski definition) is 2. The van der Waals surface area contributed by atoms with Gasteiger partial charge in [0.1, 0.15) is 0 Å². The van der Waals surface area contributed by atoms with Gasteiger partial charge in [-0.15, -0.1) is 0 Å². The minimum absolute atomic E-state index is 0.195. The van der Waals surface area contributed by atoms with Crippen LogP contribution in [0.15, 0.2) is 36.4 Å². The van der Waals surface area contributed by atoms with Gasteiger partial charge in [0.05, 0.1) is 11.7 Å². The first-order chi connectivity index (χ1) is 11.3. The number of carbonyl (C=O) groups excluding carboxylic acids is 1. The molecule has 0 radical (unpaired) electrons. The van der Waals surface area contributed by atoms with E-state index < -0.39 is 35.1 Å². The van der Waals surface area contributed by atoms with Crippen LogP contribution in [0.5, 0.6) is 0 Å². The minimum atomic E-state index is -1.62. The molecule has 0 aliphatic carbocycles. The topological polar surface area (TPSA) is 41.1 Å². The van der Waals surface area contributed by atoms with Crippen molar-refractivity contribution in [3.63, 3.8) is 0 Å². The number of anilines is 1. The van der Waals surface area contributed by atoms with Gasteiger partial charge in [0.2, 0.25) is 5.91 Å². The molecule has 2 aromatic carbocycles. The maximum Gasteiger partial charge on any atom is 0.241 e. The van der Waals surface area contributed by atoms with Gasteiger partial charge in [0, 0.05) is 11.1 Å². The molecule has 0 saturated carbocycles. The molecule has 128 valence electrons. The number of amides is 1. The Morgan fingerprint density at radius 1 is 1.08 bits per heavy atom. The highest BCUT2D eigenvalue weighted by molar-refractivity contribution is 6.30. The summed E-state index contributed by atoms with van der Waals surface area (Å²) in [6.45, 7) is 3.42. The van der Waals surface area contributed by atoms with Gasteiger partial charge in [0.15, 0.2) is 17.5 Å². The summed E-state index contributed by atoms with van der Waals surface area (Å²) in [5, 5.41) is 5.84. The van der Waals surface area contributed by atoms with Crippen molar-refractivity contribution in [2.45, 2.75) is 25.9 Å². The van der Waals surface area contributed by atoms with E-state index >= 15 is 0 Å². The lowest BCUT2D eigenvalue weighted by molar-refractivity contribution is -0.118. The summed E-state index contributed by atoms with van der Waals surface area (Å²) in [6.07, 6.45) is 0. The van der Waals surface area contributed by atoms with Gasteiger partial charge in [-0.3, -0.25) is 10.1 Å².